The molecule has 17 heavy (non-hydrogen) atoms. The van der Waals surface area contributed by atoms with Gasteiger partial charge in [-0.3, -0.25) is 0 Å². The summed E-state index contributed by atoms with van der Waals surface area (Å²) in [5.74, 6) is 0.484. The van der Waals surface area contributed by atoms with Crippen LogP contribution >= 0.6 is 0 Å². The third kappa shape index (κ3) is 4.28. The summed E-state index contributed by atoms with van der Waals surface area (Å²) < 4.78 is 4.90. The van der Waals surface area contributed by atoms with E-state index in [9.17, 15) is 4.79 Å². The molecule has 1 aromatic heterocycles. The number of hydrogen-bond acceptors (Lipinski definition) is 4. The summed E-state index contributed by atoms with van der Waals surface area (Å²) in [6.45, 7) is 1.81. The van der Waals surface area contributed by atoms with Gasteiger partial charge in [-0.1, -0.05) is 6.92 Å². The van der Waals surface area contributed by atoms with Crippen LogP contribution in [0.5, 0.6) is 5.88 Å². The van der Waals surface area contributed by atoms with Crippen LogP contribution in [0.3, 0.4) is 0 Å². The van der Waals surface area contributed by atoms with Crippen molar-refractivity contribution in [2.75, 3.05) is 19.0 Å². The van der Waals surface area contributed by atoms with Crippen molar-refractivity contribution < 1.29 is 14.6 Å². The highest BCUT2D eigenvalue weighted by Gasteiger charge is 2.08. The molecule has 6 heteroatoms. The third-order valence-electron chi connectivity index (χ3n) is 2.25. The number of anilines is 1. The normalized spacial score (nSPS) is 11.7. The van der Waals surface area contributed by atoms with Gasteiger partial charge in [-0.05, 0) is 12.5 Å². The number of aromatic nitrogens is 1. The summed E-state index contributed by atoms with van der Waals surface area (Å²) in [5.41, 5.74) is 0.566. The number of nitrogens with one attached hydrogen (secondary N) is 2. The number of ether oxygens (including phenoxy) is 1. The minimum Gasteiger partial charge on any atom is -0.481 e. The highest BCUT2D eigenvalue weighted by atomic mass is 16.5. The lowest BCUT2D eigenvalue weighted by atomic mass is 10.2. The number of carbonyl (C=O) groups excluding carboxylic acids is 1. The molecule has 6 nitrogen and oxygen atoms in total. The Kier molecular flexibility index (Phi) is 5.22. The van der Waals surface area contributed by atoms with Crippen molar-refractivity contribution >= 4 is 11.7 Å². The fourth-order valence-corrected chi connectivity index (χ4v) is 1.20. The van der Waals surface area contributed by atoms with Crippen molar-refractivity contribution in [3.05, 3.63) is 18.3 Å². The Labute approximate surface area is 100 Å². The highest BCUT2D eigenvalue weighted by molar-refractivity contribution is 5.89. The van der Waals surface area contributed by atoms with E-state index in [4.69, 9.17) is 9.84 Å². The number of aliphatic hydroxyl groups is 1. The van der Waals surface area contributed by atoms with E-state index in [0.29, 0.717) is 18.0 Å². The zero-order valence-corrected chi connectivity index (χ0v) is 9.93. The summed E-state index contributed by atoms with van der Waals surface area (Å²) in [4.78, 5) is 15.5. The average Bonchev–Trinajstić information content (AvgIpc) is 2.37. The predicted octanol–water partition coefficient (Wildman–Crippen LogP) is 0.983. The predicted molar refractivity (Wildman–Crippen MR) is 64.1 cm³/mol. The van der Waals surface area contributed by atoms with Crippen LogP contribution in [0.1, 0.15) is 13.3 Å². The minimum atomic E-state index is -0.363. The van der Waals surface area contributed by atoms with Crippen molar-refractivity contribution in [3.8, 4) is 5.88 Å². The maximum absolute atomic E-state index is 11.5. The fraction of sp³-hybridized carbons (Fsp3) is 0.455. The molecular weight excluding hydrogens is 222 g/mol. The first kappa shape index (κ1) is 13.2. The Hall–Kier alpha value is -1.82. The average molecular weight is 239 g/mol. The standard InChI is InChI=1S/C11H17N3O3/c1-3-8(7-15)13-11(16)14-9-4-5-10(17-2)12-6-9/h4-6,8,15H,3,7H2,1-2H3,(H2,13,14,16)/t8-/m1/s1. The lowest BCUT2D eigenvalue weighted by Gasteiger charge is -2.14. The van der Waals surface area contributed by atoms with Crippen molar-refractivity contribution in [3.63, 3.8) is 0 Å². The Bertz CT molecular complexity index is 349. The number of amides is 2. The van der Waals surface area contributed by atoms with Crippen LogP contribution in [0.15, 0.2) is 18.3 Å². The summed E-state index contributed by atoms with van der Waals surface area (Å²) in [6, 6.07) is 2.74. The molecule has 0 spiro atoms. The monoisotopic (exact) mass is 239 g/mol. The molecule has 1 rings (SSSR count). The lowest BCUT2D eigenvalue weighted by Crippen LogP contribution is -2.39. The molecule has 0 unspecified atom stereocenters. The van der Waals surface area contributed by atoms with Crippen LogP contribution in [-0.2, 0) is 0 Å². The molecule has 0 aromatic carbocycles. The molecule has 0 radical (unpaired) electrons. The molecule has 0 saturated heterocycles. The summed E-state index contributed by atoms with van der Waals surface area (Å²) in [7, 11) is 1.52. The van der Waals surface area contributed by atoms with Crippen LogP contribution in [0, 0.1) is 0 Å². The smallest absolute Gasteiger partial charge is 0.319 e. The number of carbonyl (C=O) groups is 1. The van der Waals surface area contributed by atoms with Gasteiger partial charge in [-0.15, -0.1) is 0 Å². The van der Waals surface area contributed by atoms with Crippen molar-refractivity contribution in [2.24, 2.45) is 0 Å². The van der Waals surface area contributed by atoms with E-state index in [1.165, 1.54) is 13.3 Å². The number of nitrogens with zero attached hydrogens (tertiary/aromatic N) is 1. The summed E-state index contributed by atoms with van der Waals surface area (Å²) >= 11 is 0. The van der Waals surface area contributed by atoms with E-state index in [1.54, 1.807) is 12.1 Å². The first-order chi connectivity index (χ1) is 8.19. The number of rotatable bonds is 5. The number of urea groups is 1. The molecule has 0 aliphatic carbocycles. The summed E-state index contributed by atoms with van der Waals surface area (Å²) in [5, 5.41) is 14.2. The van der Waals surface area contributed by atoms with Gasteiger partial charge in [0.1, 0.15) is 0 Å². The van der Waals surface area contributed by atoms with Gasteiger partial charge < -0.3 is 20.5 Å². The van der Waals surface area contributed by atoms with Crippen LogP contribution < -0.4 is 15.4 Å². The molecule has 2 amide bonds. The maximum Gasteiger partial charge on any atom is 0.319 e. The third-order valence-corrected chi connectivity index (χ3v) is 2.25. The zero-order chi connectivity index (χ0) is 12.7. The number of pyridine rings is 1. The highest BCUT2D eigenvalue weighted by Crippen LogP contribution is 2.10. The van der Waals surface area contributed by atoms with Gasteiger partial charge >= 0.3 is 6.03 Å². The molecule has 1 atom stereocenters. The fourth-order valence-electron chi connectivity index (χ4n) is 1.20. The van der Waals surface area contributed by atoms with E-state index >= 15 is 0 Å². The number of aliphatic hydroxyl groups excluding tert-OH is 1. The van der Waals surface area contributed by atoms with Gasteiger partial charge in [0.25, 0.3) is 0 Å². The molecular formula is C11H17N3O3. The zero-order valence-electron chi connectivity index (χ0n) is 9.93. The Morgan fingerprint density at radius 1 is 1.59 bits per heavy atom. The summed E-state index contributed by atoms with van der Waals surface area (Å²) in [6.07, 6.45) is 2.17. The van der Waals surface area contributed by atoms with Crippen molar-refractivity contribution in [1.29, 1.82) is 0 Å². The molecule has 0 aliphatic heterocycles. The Balaban J connectivity index is 2.49. The molecule has 94 valence electrons. The van der Waals surface area contributed by atoms with E-state index < -0.39 is 0 Å². The number of methoxy groups -OCH3 is 1. The molecule has 0 fully saturated rings. The lowest BCUT2D eigenvalue weighted by molar-refractivity contribution is 0.222. The van der Waals surface area contributed by atoms with E-state index in [2.05, 4.69) is 15.6 Å². The van der Waals surface area contributed by atoms with Crippen molar-refractivity contribution in [2.45, 2.75) is 19.4 Å². The van der Waals surface area contributed by atoms with Gasteiger partial charge in [0.05, 0.1) is 31.6 Å². The van der Waals surface area contributed by atoms with Crippen LogP contribution in [-0.4, -0.2) is 35.9 Å². The molecule has 0 saturated carbocycles. The van der Waals surface area contributed by atoms with Crippen LogP contribution in [0.25, 0.3) is 0 Å². The van der Waals surface area contributed by atoms with E-state index in [1.807, 2.05) is 6.92 Å². The molecule has 0 aliphatic rings. The second-order valence-electron chi connectivity index (χ2n) is 3.48. The quantitative estimate of drug-likeness (QED) is 0.715. The SMILES string of the molecule is CC[C@H](CO)NC(=O)Nc1ccc(OC)nc1. The van der Waals surface area contributed by atoms with E-state index in [-0.39, 0.29) is 18.7 Å². The topological polar surface area (TPSA) is 83.5 Å². The first-order valence-corrected chi connectivity index (χ1v) is 5.38. The van der Waals surface area contributed by atoms with Gasteiger partial charge in [0.2, 0.25) is 5.88 Å². The second kappa shape index (κ2) is 6.70. The maximum atomic E-state index is 11.5. The molecule has 3 N–H and O–H groups in total. The second-order valence-corrected chi connectivity index (χ2v) is 3.48. The minimum absolute atomic E-state index is 0.0786. The van der Waals surface area contributed by atoms with Gasteiger partial charge in [0, 0.05) is 6.07 Å². The Morgan fingerprint density at radius 2 is 2.35 bits per heavy atom. The largest absolute Gasteiger partial charge is 0.481 e. The Morgan fingerprint density at radius 3 is 2.82 bits per heavy atom. The van der Waals surface area contributed by atoms with E-state index in [0.717, 1.165) is 0 Å². The van der Waals surface area contributed by atoms with Crippen LogP contribution in [0.4, 0.5) is 10.5 Å². The molecule has 1 heterocycles. The van der Waals surface area contributed by atoms with Gasteiger partial charge in [-0.2, -0.15) is 0 Å². The number of hydrogen-bond donors (Lipinski definition) is 3. The first-order valence-electron chi connectivity index (χ1n) is 5.38. The molecule has 1 aromatic rings. The van der Waals surface area contributed by atoms with Gasteiger partial charge in [-0.25, -0.2) is 9.78 Å². The van der Waals surface area contributed by atoms with Gasteiger partial charge in [0.15, 0.2) is 0 Å². The van der Waals surface area contributed by atoms with Crippen LogP contribution in [0.2, 0.25) is 0 Å². The molecule has 0 bridgehead atoms. The van der Waals surface area contributed by atoms with Crippen molar-refractivity contribution in [1.82, 2.24) is 10.3 Å².